The average Bonchev–Trinajstić information content (AvgIpc) is 2.74. The van der Waals surface area contributed by atoms with E-state index in [2.05, 4.69) is 20.9 Å². The fraction of sp³-hybridized carbons (Fsp3) is 0.364. The number of nitrogens with zero attached hydrogens (tertiary/aromatic N) is 1. The molecule has 6 nitrogen and oxygen atoms in total. The van der Waals surface area contributed by atoms with Crippen LogP contribution in [0.15, 0.2) is 18.3 Å². The Bertz CT molecular complexity index is 447. The number of aromatic nitrogens is 1. The van der Waals surface area contributed by atoms with Crippen LogP contribution in [0.25, 0.3) is 0 Å². The van der Waals surface area contributed by atoms with Crippen molar-refractivity contribution >= 4 is 17.5 Å². The standard InChI is InChI=1S/C11H14N4O2/c1-12-11(17)9-4-7(2-3-13-9)15-8-5-10(16)14-6-8/h2-4,8H,5-6H2,1H3,(H,12,17)(H,13,15)(H,14,16). The second kappa shape index (κ2) is 4.82. The summed E-state index contributed by atoms with van der Waals surface area (Å²) in [7, 11) is 1.56. The molecular weight excluding hydrogens is 220 g/mol. The molecule has 1 atom stereocenters. The van der Waals surface area contributed by atoms with Crippen LogP contribution in [-0.4, -0.2) is 36.4 Å². The van der Waals surface area contributed by atoms with Crippen molar-refractivity contribution in [1.29, 1.82) is 0 Å². The van der Waals surface area contributed by atoms with Crippen molar-refractivity contribution in [2.24, 2.45) is 0 Å². The number of pyridine rings is 1. The van der Waals surface area contributed by atoms with Gasteiger partial charge >= 0.3 is 0 Å². The minimum atomic E-state index is -0.228. The van der Waals surface area contributed by atoms with E-state index in [9.17, 15) is 9.59 Å². The second-order valence-corrected chi connectivity index (χ2v) is 3.86. The highest BCUT2D eigenvalue weighted by atomic mass is 16.2. The van der Waals surface area contributed by atoms with Crippen molar-refractivity contribution in [2.75, 3.05) is 18.9 Å². The van der Waals surface area contributed by atoms with Crippen LogP contribution in [0.1, 0.15) is 16.9 Å². The lowest BCUT2D eigenvalue weighted by molar-refractivity contribution is -0.119. The number of nitrogens with one attached hydrogen (secondary N) is 3. The lowest BCUT2D eigenvalue weighted by Crippen LogP contribution is -2.23. The molecule has 17 heavy (non-hydrogen) atoms. The quantitative estimate of drug-likeness (QED) is 0.673. The Labute approximate surface area is 98.8 Å². The van der Waals surface area contributed by atoms with Crippen molar-refractivity contribution < 1.29 is 9.59 Å². The van der Waals surface area contributed by atoms with E-state index >= 15 is 0 Å². The SMILES string of the molecule is CNC(=O)c1cc(NC2CNC(=O)C2)ccn1. The van der Waals surface area contributed by atoms with Gasteiger partial charge in [0.15, 0.2) is 0 Å². The van der Waals surface area contributed by atoms with Crippen LogP contribution in [0, 0.1) is 0 Å². The Morgan fingerprint density at radius 3 is 3.06 bits per heavy atom. The van der Waals surface area contributed by atoms with Crippen molar-refractivity contribution in [3.05, 3.63) is 24.0 Å². The fourth-order valence-electron chi connectivity index (χ4n) is 1.72. The molecule has 3 N–H and O–H groups in total. The molecule has 1 aromatic rings. The maximum atomic E-state index is 11.4. The monoisotopic (exact) mass is 234 g/mol. The number of carbonyl (C=O) groups is 2. The zero-order chi connectivity index (χ0) is 12.3. The largest absolute Gasteiger partial charge is 0.380 e. The van der Waals surface area contributed by atoms with E-state index in [4.69, 9.17) is 0 Å². The highest BCUT2D eigenvalue weighted by Gasteiger charge is 2.21. The lowest BCUT2D eigenvalue weighted by Gasteiger charge is -2.12. The third-order valence-electron chi connectivity index (χ3n) is 2.57. The Morgan fingerprint density at radius 2 is 2.41 bits per heavy atom. The van der Waals surface area contributed by atoms with Gasteiger partial charge in [-0.05, 0) is 12.1 Å². The van der Waals surface area contributed by atoms with Gasteiger partial charge in [-0.3, -0.25) is 14.6 Å². The fourth-order valence-corrected chi connectivity index (χ4v) is 1.72. The van der Waals surface area contributed by atoms with Crippen LogP contribution in [0.4, 0.5) is 5.69 Å². The van der Waals surface area contributed by atoms with Gasteiger partial charge in [-0.25, -0.2) is 0 Å². The molecule has 2 rings (SSSR count). The number of carbonyl (C=O) groups excluding carboxylic acids is 2. The third-order valence-corrected chi connectivity index (χ3v) is 2.57. The number of hydrogen-bond acceptors (Lipinski definition) is 4. The Morgan fingerprint density at radius 1 is 1.59 bits per heavy atom. The average molecular weight is 234 g/mol. The maximum Gasteiger partial charge on any atom is 0.269 e. The Balaban J connectivity index is 2.06. The minimum Gasteiger partial charge on any atom is -0.380 e. The van der Waals surface area contributed by atoms with Crippen LogP contribution in [0.5, 0.6) is 0 Å². The molecule has 0 bridgehead atoms. The molecule has 2 amide bonds. The van der Waals surface area contributed by atoms with Crippen molar-refractivity contribution in [3.63, 3.8) is 0 Å². The molecule has 1 unspecified atom stereocenters. The van der Waals surface area contributed by atoms with Crippen LogP contribution in [0.2, 0.25) is 0 Å². The molecule has 6 heteroatoms. The first kappa shape index (κ1) is 11.4. The van der Waals surface area contributed by atoms with E-state index in [0.29, 0.717) is 18.7 Å². The van der Waals surface area contributed by atoms with Gasteiger partial charge in [-0.2, -0.15) is 0 Å². The Hall–Kier alpha value is -2.11. The van der Waals surface area contributed by atoms with Gasteiger partial charge < -0.3 is 16.0 Å². The molecule has 1 saturated heterocycles. The highest BCUT2D eigenvalue weighted by molar-refractivity contribution is 5.92. The van der Waals surface area contributed by atoms with E-state index in [1.165, 1.54) is 0 Å². The number of hydrogen-bond donors (Lipinski definition) is 3. The van der Waals surface area contributed by atoms with Crippen LogP contribution >= 0.6 is 0 Å². The molecule has 0 saturated carbocycles. The first-order valence-electron chi connectivity index (χ1n) is 5.40. The summed E-state index contributed by atoms with van der Waals surface area (Å²) in [5.41, 5.74) is 1.15. The van der Waals surface area contributed by atoms with Gasteiger partial charge in [-0.1, -0.05) is 0 Å². The summed E-state index contributed by atoms with van der Waals surface area (Å²) in [6, 6.07) is 3.51. The number of amides is 2. The van der Waals surface area contributed by atoms with Gasteiger partial charge in [0, 0.05) is 31.9 Å². The summed E-state index contributed by atoms with van der Waals surface area (Å²) in [5.74, 6) is -0.183. The van der Waals surface area contributed by atoms with Gasteiger partial charge in [0.2, 0.25) is 5.91 Å². The molecule has 0 radical (unpaired) electrons. The van der Waals surface area contributed by atoms with E-state index in [1.807, 2.05) is 0 Å². The molecule has 0 aliphatic carbocycles. The zero-order valence-electron chi connectivity index (χ0n) is 9.49. The normalized spacial score (nSPS) is 18.6. The zero-order valence-corrected chi connectivity index (χ0v) is 9.49. The minimum absolute atomic E-state index is 0.0445. The molecular formula is C11H14N4O2. The topological polar surface area (TPSA) is 83.1 Å². The highest BCUT2D eigenvalue weighted by Crippen LogP contribution is 2.12. The predicted octanol–water partition coefficient (Wildman–Crippen LogP) is -0.258. The third kappa shape index (κ3) is 2.72. The lowest BCUT2D eigenvalue weighted by atomic mass is 10.2. The molecule has 1 aliphatic heterocycles. The molecule has 0 aromatic carbocycles. The summed E-state index contributed by atoms with van der Waals surface area (Å²) < 4.78 is 0. The molecule has 1 aromatic heterocycles. The molecule has 2 heterocycles. The predicted molar refractivity (Wildman–Crippen MR) is 62.7 cm³/mol. The molecule has 90 valence electrons. The smallest absolute Gasteiger partial charge is 0.269 e. The first-order valence-corrected chi connectivity index (χ1v) is 5.40. The summed E-state index contributed by atoms with van der Waals surface area (Å²) in [5, 5.41) is 8.44. The second-order valence-electron chi connectivity index (χ2n) is 3.86. The molecule has 1 aliphatic rings. The first-order chi connectivity index (χ1) is 8.19. The Kier molecular flexibility index (Phi) is 3.22. The van der Waals surface area contributed by atoms with Crippen molar-refractivity contribution in [3.8, 4) is 0 Å². The summed E-state index contributed by atoms with van der Waals surface area (Å²) in [6.45, 7) is 0.608. The van der Waals surface area contributed by atoms with E-state index in [-0.39, 0.29) is 17.9 Å². The van der Waals surface area contributed by atoms with E-state index < -0.39 is 0 Å². The molecule has 1 fully saturated rings. The van der Waals surface area contributed by atoms with Gasteiger partial charge in [0.1, 0.15) is 5.69 Å². The summed E-state index contributed by atoms with van der Waals surface area (Å²) in [4.78, 5) is 26.4. The van der Waals surface area contributed by atoms with Gasteiger partial charge in [-0.15, -0.1) is 0 Å². The summed E-state index contributed by atoms with van der Waals surface area (Å²) in [6.07, 6.45) is 2.02. The van der Waals surface area contributed by atoms with Crippen molar-refractivity contribution in [1.82, 2.24) is 15.6 Å². The van der Waals surface area contributed by atoms with Crippen LogP contribution in [-0.2, 0) is 4.79 Å². The van der Waals surface area contributed by atoms with Crippen LogP contribution < -0.4 is 16.0 Å². The van der Waals surface area contributed by atoms with Gasteiger partial charge in [0.05, 0.1) is 6.04 Å². The van der Waals surface area contributed by atoms with Gasteiger partial charge in [0.25, 0.3) is 5.91 Å². The van der Waals surface area contributed by atoms with Crippen LogP contribution in [0.3, 0.4) is 0 Å². The number of rotatable bonds is 3. The maximum absolute atomic E-state index is 11.4. The summed E-state index contributed by atoms with van der Waals surface area (Å²) >= 11 is 0. The van der Waals surface area contributed by atoms with E-state index in [0.717, 1.165) is 5.69 Å². The molecule has 0 spiro atoms. The van der Waals surface area contributed by atoms with E-state index in [1.54, 1.807) is 25.4 Å². The van der Waals surface area contributed by atoms with Crippen molar-refractivity contribution in [2.45, 2.75) is 12.5 Å². The number of anilines is 1.